The molecule has 1 heterocycles. The molecule has 0 amide bonds. The van der Waals surface area contributed by atoms with Gasteiger partial charge in [-0.3, -0.25) is 10.1 Å². The number of nitrogens with zero attached hydrogens (tertiary/aromatic N) is 4. The molecule has 3 rings (SSSR count). The maximum absolute atomic E-state index is 10.9. The summed E-state index contributed by atoms with van der Waals surface area (Å²) < 4.78 is 0. The van der Waals surface area contributed by atoms with Crippen LogP contribution in [0.3, 0.4) is 0 Å². The molecule has 0 aliphatic rings. The monoisotopic (exact) mass is 280 g/mol. The maximum Gasteiger partial charge on any atom is 0.253 e. The SMILES string of the molecule is CC(c1cnnc(-c2cccc3ccccc23)n1)[N+](=O)[O-]. The quantitative estimate of drug-likeness (QED) is 0.544. The van der Waals surface area contributed by atoms with Crippen molar-refractivity contribution in [2.75, 3.05) is 0 Å². The second-order valence-electron chi connectivity index (χ2n) is 4.69. The molecule has 6 heteroatoms. The second kappa shape index (κ2) is 5.24. The molecular weight excluding hydrogens is 268 g/mol. The van der Waals surface area contributed by atoms with Crippen LogP contribution >= 0.6 is 0 Å². The zero-order valence-electron chi connectivity index (χ0n) is 11.3. The highest BCUT2D eigenvalue weighted by Crippen LogP contribution is 2.26. The lowest BCUT2D eigenvalue weighted by atomic mass is 10.0. The fourth-order valence-corrected chi connectivity index (χ4v) is 2.16. The van der Waals surface area contributed by atoms with Crippen molar-refractivity contribution in [1.29, 1.82) is 0 Å². The Morgan fingerprint density at radius 3 is 2.71 bits per heavy atom. The van der Waals surface area contributed by atoms with E-state index in [1.165, 1.54) is 13.1 Å². The molecular formula is C15H12N4O2. The number of nitro groups is 1. The lowest BCUT2D eigenvalue weighted by Crippen LogP contribution is -2.10. The topological polar surface area (TPSA) is 81.8 Å². The minimum absolute atomic E-state index is 0.304. The molecule has 104 valence electrons. The molecule has 0 spiro atoms. The first kappa shape index (κ1) is 13.1. The van der Waals surface area contributed by atoms with Crippen molar-refractivity contribution in [3.8, 4) is 11.4 Å². The first-order valence-corrected chi connectivity index (χ1v) is 6.48. The Hall–Kier alpha value is -2.89. The summed E-state index contributed by atoms with van der Waals surface area (Å²) in [6.45, 7) is 1.48. The summed E-state index contributed by atoms with van der Waals surface area (Å²) in [5.41, 5.74) is 1.12. The van der Waals surface area contributed by atoms with Crippen LogP contribution in [-0.2, 0) is 0 Å². The normalized spacial score (nSPS) is 12.2. The van der Waals surface area contributed by atoms with Crippen LogP contribution in [0.25, 0.3) is 22.2 Å². The lowest BCUT2D eigenvalue weighted by molar-refractivity contribution is -0.525. The summed E-state index contributed by atoms with van der Waals surface area (Å²) in [4.78, 5) is 14.8. The van der Waals surface area contributed by atoms with E-state index < -0.39 is 11.0 Å². The molecule has 1 atom stereocenters. The maximum atomic E-state index is 10.9. The minimum Gasteiger partial charge on any atom is -0.264 e. The van der Waals surface area contributed by atoms with Gasteiger partial charge in [0.2, 0.25) is 0 Å². The van der Waals surface area contributed by atoms with Crippen molar-refractivity contribution in [1.82, 2.24) is 15.2 Å². The zero-order valence-corrected chi connectivity index (χ0v) is 11.3. The van der Waals surface area contributed by atoms with Crippen LogP contribution < -0.4 is 0 Å². The first-order valence-electron chi connectivity index (χ1n) is 6.48. The van der Waals surface area contributed by atoms with E-state index in [1.54, 1.807) is 0 Å². The third-order valence-electron chi connectivity index (χ3n) is 3.35. The first-order chi connectivity index (χ1) is 10.2. The predicted molar refractivity (Wildman–Crippen MR) is 78.2 cm³/mol. The average Bonchev–Trinajstić information content (AvgIpc) is 2.53. The summed E-state index contributed by atoms with van der Waals surface area (Å²) in [6.07, 6.45) is 1.34. The fraction of sp³-hybridized carbons (Fsp3) is 0.133. The largest absolute Gasteiger partial charge is 0.264 e. The van der Waals surface area contributed by atoms with Crippen LogP contribution in [0.4, 0.5) is 0 Å². The molecule has 0 aliphatic heterocycles. The van der Waals surface area contributed by atoms with Gasteiger partial charge >= 0.3 is 0 Å². The Kier molecular flexibility index (Phi) is 3.27. The summed E-state index contributed by atoms with van der Waals surface area (Å²) in [6, 6.07) is 12.7. The molecule has 0 fully saturated rings. The Bertz CT molecular complexity index is 814. The molecule has 0 saturated heterocycles. The Balaban J connectivity index is 2.15. The highest BCUT2D eigenvalue weighted by atomic mass is 16.6. The standard InChI is InChI=1S/C15H12N4O2/c1-10(19(20)21)14-9-16-18-15(17-14)13-8-4-6-11-5-2-3-7-12(11)13/h2-10H,1H3. The average molecular weight is 280 g/mol. The van der Waals surface area contributed by atoms with Crippen molar-refractivity contribution >= 4 is 10.8 Å². The second-order valence-corrected chi connectivity index (χ2v) is 4.69. The third-order valence-corrected chi connectivity index (χ3v) is 3.35. The molecule has 1 unspecified atom stereocenters. The Morgan fingerprint density at radius 1 is 1.14 bits per heavy atom. The van der Waals surface area contributed by atoms with Crippen LogP contribution in [0.15, 0.2) is 48.7 Å². The molecule has 3 aromatic rings. The van der Waals surface area contributed by atoms with Gasteiger partial charge in [0.15, 0.2) is 5.82 Å². The van der Waals surface area contributed by atoms with E-state index in [2.05, 4.69) is 15.2 Å². The third kappa shape index (κ3) is 2.43. The number of rotatable bonds is 3. The van der Waals surface area contributed by atoms with Crippen molar-refractivity contribution < 1.29 is 4.92 Å². The van der Waals surface area contributed by atoms with Crippen molar-refractivity contribution in [2.24, 2.45) is 0 Å². The van der Waals surface area contributed by atoms with Gasteiger partial charge in [0.25, 0.3) is 6.04 Å². The van der Waals surface area contributed by atoms with Gasteiger partial charge in [0.1, 0.15) is 5.69 Å². The molecule has 0 bridgehead atoms. The van der Waals surface area contributed by atoms with Crippen molar-refractivity contribution in [3.05, 3.63) is 64.5 Å². The highest BCUT2D eigenvalue weighted by Gasteiger charge is 2.19. The smallest absolute Gasteiger partial charge is 0.253 e. The lowest BCUT2D eigenvalue weighted by Gasteiger charge is -2.07. The van der Waals surface area contributed by atoms with Crippen LogP contribution in [-0.4, -0.2) is 20.1 Å². The van der Waals surface area contributed by atoms with Crippen LogP contribution in [0.2, 0.25) is 0 Å². The van der Waals surface area contributed by atoms with E-state index >= 15 is 0 Å². The molecule has 0 aliphatic carbocycles. The highest BCUT2D eigenvalue weighted by molar-refractivity contribution is 5.94. The molecule has 2 aromatic carbocycles. The minimum atomic E-state index is -0.908. The van der Waals surface area contributed by atoms with E-state index in [4.69, 9.17) is 0 Å². The summed E-state index contributed by atoms with van der Waals surface area (Å²) >= 11 is 0. The molecule has 0 N–H and O–H groups in total. The number of benzene rings is 2. The predicted octanol–water partition coefficient (Wildman–Crippen LogP) is 3.03. The molecule has 21 heavy (non-hydrogen) atoms. The van der Waals surface area contributed by atoms with Gasteiger partial charge in [0.05, 0.1) is 6.20 Å². The zero-order chi connectivity index (χ0) is 14.8. The number of fused-ring (bicyclic) bond motifs is 1. The van der Waals surface area contributed by atoms with E-state index in [-0.39, 0.29) is 0 Å². The number of hydrogen-bond donors (Lipinski definition) is 0. The van der Waals surface area contributed by atoms with E-state index in [1.807, 2.05) is 42.5 Å². The van der Waals surface area contributed by atoms with Crippen molar-refractivity contribution in [3.63, 3.8) is 0 Å². The van der Waals surface area contributed by atoms with Crippen molar-refractivity contribution in [2.45, 2.75) is 13.0 Å². The van der Waals surface area contributed by atoms with Crippen LogP contribution in [0.5, 0.6) is 0 Å². The molecule has 0 saturated carbocycles. The van der Waals surface area contributed by atoms with Gasteiger partial charge in [-0.2, -0.15) is 5.10 Å². The van der Waals surface area contributed by atoms with E-state index in [0.717, 1.165) is 16.3 Å². The molecule has 6 nitrogen and oxygen atoms in total. The fourth-order valence-electron chi connectivity index (χ4n) is 2.16. The number of aromatic nitrogens is 3. The summed E-state index contributed by atoms with van der Waals surface area (Å²) in [5, 5.41) is 20.8. The Labute approximate surface area is 120 Å². The Morgan fingerprint density at radius 2 is 1.90 bits per heavy atom. The van der Waals surface area contributed by atoms with Gasteiger partial charge in [-0.15, -0.1) is 5.10 Å². The van der Waals surface area contributed by atoms with Crippen LogP contribution in [0.1, 0.15) is 18.7 Å². The van der Waals surface area contributed by atoms with E-state index in [9.17, 15) is 10.1 Å². The molecule has 0 radical (unpaired) electrons. The van der Waals surface area contributed by atoms with Gasteiger partial charge in [-0.1, -0.05) is 42.5 Å². The van der Waals surface area contributed by atoms with Crippen LogP contribution in [0, 0.1) is 10.1 Å². The number of hydrogen-bond acceptors (Lipinski definition) is 5. The summed E-state index contributed by atoms with van der Waals surface area (Å²) in [5.74, 6) is 0.401. The van der Waals surface area contributed by atoms with Gasteiger partial charge in [-0.05, 0) is 10.8 Å². The van der Waals surface area contributed by atoms with E-state index in [0.29, 0.717) is 11.5 Å². The van der Waals surface area contributed by atoms with Gasteiger partial charge < -0.3 is 0 Å². The van der Waals surface area contributed by atoms with Gasteiger partial charge in [0, 0.05) is 17.4 Å². The van der Waals surface area contributed by atoms with Gasteiger partial charge in [-0.25, -0.2) is 4.98 Å². The summed E-state index contributed by atoms with van der Waals surface area (Å²) in [7, 11) is 0. The molecule has 1 aromatic heterocycles.